The Morgan fingerprint density at radius 3 is 2.75 bits per heavy atom. The van der Waals surface area contributed by atoms with Crippen LogP contribution in [0.3, 0.4) is 0 Å². The Bertz CT molecular complexity index is 1080. The van der Waals surface area contributed by atoms with E-state index in [2.05, 4.69) is 4.98 Å². The second-order valence-corrected chi connectivity index (χ2v) is 8.85. The molecule has 1 fully saturated rings. The molecule has 0 aliphatic carbocycles. The molecule has 6 nitrogen and oxygen atoms in total. The maximum Gasteiger partial charge on any atom is 0.331 e. The molecule has 4 rings (SSSR count). The first-order valence-corrected chi connectivity index (χ1v) is 10.8. The van der Waals surface area contributed by atoms with Crippen LogP contribution >= 0.6 is 23.5 Å². The van der Waals surface area contributed by atoms with Gasteiger partial charge in [0, 0.05) is 11.5 Å². The highest BCUT2D eigenvalue weighted by molar-refractivity contribution is 8.19. The first-order valence-electron chi connectivity index (χ1n) is 8.72. The highest BCUT2D eigenvalue weighted by Gasteiger charge is 2.21. The van der Waals surface area contributed by atoms with Crippen molar-refractivity contribution < 1.29 is 14.3 Å². The lowest BCUT2D eigenvalue weighted by Gasteiger charge is -2.14. The summed E-state index contributed by atoms with van der Waals surface area (Å²) in [4.78, 5) is 28.8. The molecule has 0 atom stereocenters. The molecule has 0 amide bonds. The van der Waals surface area contributed by atoms with E-state index in [1.54, 1.807) is 31.4 Å². The molecule has 2 aromatic carbocycles. The fourth-order valence-electron chi connectivity index (χ4n) is 3.03. The molecule has 0 N–H and O–H groups in total. The SMILES string of the molecule is COc1cc(C2SCCS2)ccc1OC(=O)Cn1c(=O)cnc2ccccc21. The maximum absolute atomic E-state index is 12.5. The van der Waals surface area contributed by atoms with Crippen molar-refractivity contribution in [1.29, 1.82) is 0 Å². The quantitative estimate of drug-likeness (QED) is 0.467. The van der Waals surface area contributed by atoms with Gasteiger partial charge in [0.05, 0.1) is 28.9 Å². The molecule has 3 aromatic rings. The van der Waals surface area contributed by atoms with Crippen LogP contribution in [0.5, 0.6) is 11.5 Å². The van der Waals surface area contributed by atoms with E-state index < -0.39 is 5.97 Å². The number of esters is 1. The second kappa shape index (κ2) is 8.28. The zero-order valence-corrected chi connectivity index (χ0v) is 16.8. The van der Waals surface area contributed by atoms with E-state index >= 15 is 0 Å². The summed E-state index contributed by atoms with van der Waals surface area (Å²) in [6.45, 7) is -0.207. The number of carbonyl (C=O) groups is 1. The minimum absolute atomic E-state index is 0.207. The van der Waals surface area contributed by atoms with E-state index in [0.717, 1.165) is 17.1 Å². The normalized spacial score (nSPS) is 14.3. The van der Waals surface area contributed by atoms with Crippen molar-refractivity contribution >= 4 is 40.5 Å². The number of nitrogens with zero attached hydrogens (tertiary/aromatic N) is 2. The highest BCUT2D eigenvalue weighted by Crippen LogP contribution is 2.46. The third kappa shape index (κ3) is 3.88. The standard InChI is InChI=1S/C20H18N2O4S2/c1-25-17-10-13(20-27-8-9-28-20)6-7-16(17)26-19(24)12-22-15-5-3-2-4-14(15)21-11-18(22)23/h2-7,10-11,20H,8-9,12H2,1H3. The van der Waals surface area contributed by atoms with Crippen LogP contribution in [0.2, 0.25) is 0 Å². The Morgan fingerprint density at radius 1 is 1.18 bits per heavy atom. The maximum atomic E-state index is 12.5. The number of hydrogen-bond acceptors (Lipinski definition) is 7. The molecule has 1 aliphatic rings. The van der Waals surface area contributed by atoms with E-state index in [1.165, 1.54) is 10.8 Å². The van der Waals surface area contributed by atoms with Crippen LogP contribution in [-0.4, -0.2) is 34.1 Å². The number of hydrogen-bond donors (Lipinski definition) is 0. The van der Waals surface area contributed by atoms with Gasteiger partial charge in [0.15, 0.2) is 11.5 Å². The van der Waals surface area contributed by atoms with Crippen molar-refractivity contribution in [2.24, 2.45) is 0 Å². The Labute approximate surface area is 170 Å². The summed E-state index contributed by atoms with van der Waals surface area (Å²) in [7, 11) is 1.55. The van der Waals surface area contributed by atoms with Crippen LogP contribution in [0, 0.1) is 0 Å². The molecular formula is C20H18N2O4S2. The molecule has 1 aromatic heterocycles. The molecule has 144 valence electrons. The van der Waals surface area contributed by atoms with Crippen LogP contribution < -0.4 is 15.0 Å². The van der Waals surface area contributed by atoms with Crippen molar-refractivity contribution in [1.82, 2.24) is 9.55 Å². The van der Waals surface area contributed by atoms with Gasteiger partial charge >= 0.3 is 5.97 Å². The number of para-hydroxylation sites is 2. The molecule has 8 heteroatoms. The van der Waals surface area contributed by atoms with Crippen molar-refractivity contribution in [3.63, 3.8) is 0 Å². The zero-order chi connectivity index (χ0) is 19.5. The number of fused-ring (bicyclic) bond motifs is 1. The molecule has 2 heterocycles. The molecule has 0 unspecified atom stereocenters. The number of rotatable bonds is 5. The van der Waals surface area contributed by atoms with Gasteiger partial charge in [0.25, 0.3) is 5.56 Å². The second-order valence-electron chi connectivity index (χ2n) is 6.13. The number of benzene rings is 2. The minimum atomic E-state index is -0.547. The van der Waals surface area contributed by atoms with Gasteiger partial charge in [-0.1, -0.05) is 18.2 Å². The average molecular weight is 415 g/mol. The largest absolute Gasteiger partial charge is 0.493 e. The number of ether oxygens (including phenoxy) is 2. The van der Waals surface area contributed by atoms with Crippen molar-refractivity contribution in [2.75, 3.05) is 18.6 Å². The van der Waals surface area contributed by atoms with Crippen LogP contribution in [-0.2, 0) is 11.3 Å². The first kappa shape index (κ1) is 18.9. The zero-order valence-electron chi connectivity index (χ0n) is 15.2. The number of carbonyl (C=O) groups excluding carboxylic acids is 1. The monoisotopic (exact) mass is 414 g/mol. The third-order valence-corrected chi connectivity index (χ3v) is 7.45. The Kier molecular flexibility index (Phi) is 5.59. The van der Waals surface area contributed by atoms with Gasteiger partial charge in [-0.3, -0.25) is 9.36 Å². The summed E-state index contributed by atoms with van der Waals surface area (Å²) < 4.78 is 12.7. The summed E-state index contributed by atoms with van der Waals surface area (Å²) >= 11 is 3.79. The molecule has 0 spiro atoms. The topological polar surface area (TPSA) is 70.4 Å². The summed E-state index contributed by atoms with van der Waals surface area (Å²) in [5, 5.41) is 0. The lowest BCUT2D eigenvalue weighted by Crippen LogP contribution is -2.27. The Morgan fingerprint density at radius 2 is 1.96 bits per heavy atom. The van der Waals surface area contributed by atoms with Gasteiger partial charge < -0.3 is 9.47 Å². The summed E-state index contributed by atoms with van der Waals surface area (Å²) in [5.41, 5.74) is 2.02. The van der Waals surface area contributed by atoms with Crippen molar-refractivity contribution in [3.05, 3.63) is 64.6 Å². The predicted molar refractivity (Wildman–Crippen MR) is 112 cm³/mol. The predicted octanol–water partition coefficient (Wildman–Crippen LogP) is 3.49. The highest BCUT2D eigenvalue weighted by atomic mass is 32.2. The smallest absolute Gasteiger partial charge is 0.331 e. The van der Waals surface area contributed by atoms with E-state index in [-0.39, 0.29) is 12.1 Å². The number of methoxy groups -OCH3 is 1. The molecule has 1 saturated heterocycles. The average Bonchev–Trinajstić information content (AvgIpc) is 3.25. The Hall–Kier alpha value is -2.45. The summed E-state index contributed by atoms with van der Waals surface area (Å²) in [5.74, 6) is 2.56. The van der Waals surface area contributed by atoms with Crippen LogP contribution in [0.15, 0.2) is 53.5 Å². The van der Waals surface area contributed by atoms with Crippen molar-refractivity contribution in [3.8, 4) is 11.5 Å². The van der Waals surface area contributed by atoms with Gasteiger partial charge in [-0.2, -0.15) is 0 Å². The van der Waals surface area contributed by atoms with Crippen LogP contribution in [0.1, 0.15) is 10.1 Å². The van der Waals surface area contributed by atoms with E-state index in [1.807, 2.05) is 41.7 Å². The molecule has 0 bridgehead atoms. The fraction of sp³-hybridized carbons (Fsp3) is 0.250. The van der Waals surface area contributed by atoms with Gasteiger partial charge in [0.1, 0.15) is 6.54 Å². The summed E-state index contributed by atoms with van der Waals surface area (Å²) in [6, 6.07) is 12.8. The van der Waals surface area contributed by atoms with E-state index in [4.69, 9.17) is 9.47 Å². The molecule has 28 heavy (non-hydrogen) atoms. The molecule has 0 saturated carbocycles. The molecular weight excluding hydrogens is 396 g/mol. The molecule has 1 aliphatic heterocycles. The lowest BCUT2D eigenvalue weighted by atomic mass is 10.2. The number of aromatic nitrogens is 2. The van der Waals surface area contributed by atoms with Crippen LogP contribution in [0.4, 0.5) is 0 Å². The Balaban J connectivity index is 1.56. The lowest BCUT2D eigenvalue weighted by molar-refractivity contribution is -0.135. The fourth-order valence-corrected chi connectivity index (χ4v) is 5.87. The minimum Gasteiger partial charge on any atom is -0.493 e. The van der Waals surface area contributed by atoms with Gasteiger partial charge in [-0.05, 0) is 29.8 Å². The number of thioether (sulfide) groups is 2. The first-order chi connectivity index (χ1) is 13.7. The van der Waals surface area contributed by atoms with Gasteiger partial charge in [-0.25, -0.2) is 9.78 Å². The van der Waals surface area contributed by atoms with Crippen LogP contribution in [0.25, 0.3) is 11.0 Å². The van der Waals surface area contributed by atoms with Crippen molar-refractivity contribution in [2.45, 2.75) is 11.1 Å². The van der Waals surface area contributed by atoms with E-state index in [0.29, 0.717) is 27.1 Å². The van der Waals surface area contributed by atoms with E-state index in [9.17, 15) is 9.59 Å². The molecule has 0 radical (unpaired) electrons. The summed E-state index contributed by atoms with van der Waals surface area (Å²) in [6.07, 6.45) is 1.21. The van der Waals surface area contributed by atoms with Gasteiger partial charge in [0.2, 0.25) is 0 Å². The van der Waals surface area contributed by atoms with Gasteiger partial charge in [-0.15, -0.1) is 23.5 Å². The third-order valence-electron chi connectivity index (χ3n) is 4.35.